The highest BCUT2D eigenvalue weighted by Crippen LogP contribution is 2.36. The quantitative estimate of drug-likeness (QED) is 0.849. The van der Waals surface area contributed by atoms with Gasteiger partial charge in [-0.1, -0.05) is 0 Å². The van der Waals surface area contributed by atoms with Crippen molar-refractivity contribution in [1.29, 1.82) is 0 Å². The summed E-state index contributed by atoms with van der Waals surface area (Å²) in [5.41, 5.74) is 3.10. The molecule has 1 aliphatic rings. The highest BCUT2D eigenvalue weighted by Gasteiger charge is 2.37. The zero-order chi connectivity index (χ0) is 15.8. The fraction of sp³-hybridized carbons (Fsp3) is 0.538. The van der Waals surface area contributed by atoms with Crippen molar-refractivity contribution in [3.63, 3.8) is 0 Å². The van der Waals surface area contributed by atoms with Crippen LogP contribution in [-0.4, -0.2) is 24.0 Å². The lowest BCUT2D eigenvalue weighted by molar-refractivity contribution is -0.143. The van der Waals surface area contributed by atoms with Gasteiger partial charge in [0, 0.05) is 25.7 Å². The van der Waals surface area contributed by atoms with Crippen LogP contribution in [0.5, 0.6) is 0 Å². The second-order valence-electron chi connectivity index (χ2n) is 5.20. The lowest BCUT2D eigenvalue weighted by atomic mass is 10.0. The van der Waals surface area contributed by atoms with Crippen LogP contribution in [-0.2, 0) is 18.9 Å². The first-order valence-electron chi connectivity index (χ1n) is 6.32. The molecule has 0 saturated carbocycles. The fourth-order valence-corrected chi connectivity index (χ4v) is 2.38. The van der Waals surface area contributed by atoms with Crippen LogP contribution >= 0.6 is 0 Å². The van der Waals surface area contributed by atoms with Gasteiger partial charge in [-0.15, -0.1) is 0 Å². The van der Waals surface area contributed by atoms with Crippen molar-refractivity contribution in [3.8, 4) is 0 Å². The van der Waals surface area contributed by atoms with Gasteiger partial charge in [0.25, 0.3) is 0 Å². The maximum atomic E-state index is 12.7. The molecule has 2 rings (SSSR count). The van der Waals surface area contributed by atoms with Crippen LogP contribution in [0.15, 0.2) is 18.2 Å². The number of rotatable bonds is 2. The molecule has 1 fully saturated rings. The maximum absolute atomic E-state index is 12.7. The Morgan fingerprint density at radius 1 is 1.00 bits per heavy atom. The van der Waals surface area contributed by atoms with Crippen molar-refractivity contribution in [3.05, 3.63) is 34.9 Å². The molecular formula is C13H14F6N2. The molecule has 0 bridgehead atoms. The standard InChI is InChI=1S/C13H14F6N2/c14-12(15,16)9-3-8(4-10(5-9)13(17,18)19)6-21-2-1-11(20)7-21/h3-5,11H,1-2,6-7,20H2. The minimum absolute atomic E-state index is 0.00810. The lowest BCUT2D eigenvalue weighted by Crippen LogP contribution is -2.26. The zero-order valence-corrected chi connectivity index (χ0v) is 10.9. The number of benzene rings is 1. The van der Waals surface area contributed by atoms with E-state index in [0.717, 1.165) is 12.1 Å². The average Bonchev–Trinajstić information content (AvgIpc) is 2.72. The number of nitrogens with two attached hydrogens (primary N) is 1. The van der Waals surface area contributed by atoms with Crippen molar-refractivity contribution >= 4 is 0 Å². The number of likely N-dealkylation sites (tertiary alicyclic amines) is 1. The van der Waals surface area contributed by atoms with E-state index in [9.17, 15) is 26.3 Å². The first kappa shape index (κ1) is 16.1. The summed E-state index contributed by atoms with van der Waals surface area (Å²) in [5.74, 6) is 0. The van der Waals surface area contributed by atoms with Crippen LogP contribution < -0.4 is 5.73 Å². The summed E-state index contributed by atoms with van der Waals surface area (Å²) in [5, 5.41) is 0. The second kappa shape index (κ2) is 5.49. The van der Waals surface area contributed by atoms with E-state index in [1.807, 2.05) is 0 Å². The minimum Gasteiger partial charge on any atom is -0.326 e. The van der Waals surface area contributed by atoms with Gasteiger partial charge in [0.2, 0.25) is 0 Å². The molecule has 0 amide bonds. The molecule has 2 nitrogen and oxygen atoms in total. The van der Waals surface area contributed by atoms with E-state index in [4.69, 9.17) is 5.73 Å². The Labute approximate surface area is 117 Å². The lowest BCUT2D eigenvalue weighted by Gasteiger charge is -2.18. The molecule has 1 aliphatic heterocycles. The van der Waals surface area contributed by atoms with E-state index in [-0.39, 0.29) is 24.2 Å². The number of halogens is 6. The van der Waals surface area contributed by atoms with Gasteiger partial charge >= 0.3 is 12.4 Å². The number of hydrogen-bond donors (Lipinski definition) is 1. The highest BCUT2D eigenvalue weighted by molar-refractivity contribution is 5.33. The SMILES string of the molecule is NC1CCN(Cc2cc(C(F)(F)F)cc(C(F)(F)F)c2)C1. The van der Waals surface area contributed by atoms with Gasteiger partial charge < -0.3 is 5.73 Å². The normalized spacial score (nSPS) is 21.0. The van der Waals surface area contributed by atoms with Gasteiger partial charge in [0.15, 0.2) is 0 Å². The molecule has 0 radical (unpaired) electrons. The van der Waals surface area contributed by atoms with Crippen LogP contribution in [0.3, 0.4) is 0 Å². The maximum Gasteiger partial charge on any atom is 0.416 e. The van der Waals surface area contributed by atoms with Gasteiger partial charge in [-0.2, -0.15) is 26.3 Å². The third-order valence-corrected chi connectivity index (χ3v) is 3.36. The predicted octanol–water partition coefficient (Wildman–Crippen LogP) is 3.26. The molecule has 1 saturated heterocycles. The molecule has 21 heavy (non-hydrogen) atoms. The highest BCUT2D eigenvalue weighted by atomic mass is 19.4. The second-order valence-corrected chi connectivity index (χ2v) is 5.20. The van der Waals surface area contributed by atoms with Crippen molar-refractivity contribution in [2.45, 2.75) is 31.4 Å². The van der Waals surface area contributed by atoms with Gasteiger partial charge in [0.05, 0.1) is 11.1 Å². The number of hydrogen-bond acceptors (Lipinski definition) is 2. The summed E-state index contributed by atoms with van der Waals surface area (Å²) in [6.45, 7) is 1.07. The zero-order valence-electron chi connectivity index (χ0n) is 10.9. The Kier molecular flexibility index (Phi) is 4.21. The number of alkyl halides is 6. The first-order chi connectivity index (χ1) is 9.55. The smallest absolute Gasteiger partial charge is 0.326 e. The molecule has 8 heteroatoms. The summed E-state index contributed by atoms with van der Waals surface area (Å²) in [7, 11) is 0. The molecule has 118 valence electrons. The topological polar surface area (TPSA) is 29.3 Å². The Hall–Kier alpha value is -1.28. The van der Waals surface area contributed by atoms with Crippen LogP contribution in [0.1, 0.15) is 23.1 Å². The summed E-state index contributed by atoms with van der Waals surface area (Å²) < 4.78 is 76.3. The average molecular weight is 312 g/mol. The monoisotopic (exact) mass is 312 g/mol. The molecule has 1 aromatic carbocycles. The summed E-state index contributed by atoms with van der Waals surface area (Å²) >= 11 is 0. The summed E-state index contributed by atoms with van der Waals surface area (Å²) in [6, 6.07) is 1.58. The molecule has 1 atom stereocenters. The van der Waals surface area contributed by atoms with E-state index >= 15 is 0 Å². The third kappa shape index (κ3) is 4.10. The summed E-state index contributed by atoms with van der Waals surface area (Å²) in [4.78, 5) is 1.75. The fourth-order valence-electron chi connectivity index (χ4n) is 2.38. The number of nitrogens with zero attached hydrogens (tertiary/aromatic N) is 1. The predicted molar refractivity (Wildman–Crippen MR) is 64.3 cm³/mol. The Balaban J connectivity index is 2.31. The van der Waals surface area contributed by atoms with E-state index in [1.54, 1.807) is 4.90 Å². The Bertz CT molecular complexity index is 476. The minimum atomic E-state index is -4.81. The largest absolute Gasteiger partial charge is 0.416 e. The summed E-state index contributed by atoms with van der Waals surface area (Å²) in [6.07, 6.45) is -8.93. The van der Waals surface area contributed by atoms with E-state index in [2.05, 4.69) is 0 Å². The molecule has 1 heterocycles. The van der Waals surface area contributed by atoms with Crippen LogP contribution in [0.25, 0.3) is 0 Å². The first-order valence-corrected chi connectivity index (χ1v) is 6.32. The van der Waals surface area contributed by atoms with Gasteiger partial charge in [0.1, 0.15) is 0 Å². The van der Waals surface area contributed by atoms with E-state index < -0.39 is 23.5 Å². The van der Waals surface area contributed by atoms with Crippen molar-refractivity contribution in [1.82, 2.24) is 4.90 Å². The van der Waals surface area contributed by atoms with E-state index in [0.29, 0.717) is 19.5 Å². The molecule has 0 spiro atoms. The van der Waals surface area contributed by atoms with Crippen molar-refractivity contribution < 1.29 is 26.3 Å². The van der Waals surface area contributed by atoms with Crippen LogP contribution in [0.2, 0.25) is 0 Å². The van der Waals surface area contributed by atoms with E-state index in [1.165, 1.54) is 0 Å². The molecule has 0 aromatic heterocycles. The van der Waals surface area contributed by atoms with Crippen molar-refractivity contribution in [2.75, 3.05) is 13.1 Å². The molecular weight excluding hydrogens is 298 g/mol. The molecule has 2 N–H and O–H groups in total. The van der Waals surface area contributed by atoms with Gasteiger partial charge in [-0.25, -0.2) is 0 Å². The molecule has 1 unspecified atom stereocenters. The third-order valence-electron chi connectivity index (χ3n) is 3.36. The van der Waals surface area contributed by atoms with Crippen LogP contribution in [0, 0.1) is 0 Å². The molecule has 0 aliphatic carbocycles. The van der Waals surface area contributed by atoms with Gasteiger partial charge in [-0.05, 0) is 30.2 Å². The molecule has 1 aromatic rings. The Morgan fingerprint density at radius 3 is 1.90 bits per heavy atom. The van der Waals surface area contributed by atoms with Crippen molar-refractivity contribution in [2.24, 2.45) is 5.73 Å². The Morgan fingerprint density at radius 2 is 1.52 bits per heavy atom. The van der Waals surface area contributed by atoms with Gasteiger partial charge in [-0.3, -0.25) is 4.90 Å². The van der Waals surface area contributed by atoms with Crippen LogP contribution in [0.4, 0.5) is 26.3 Å².